The van der Waals surface area contributed by atoms with Gasteiger partial charge in [0.15, 0.2) is 0 Å². The van der Waals surface area contributed by atoms with E-state index < -0.39 is 11.5 Å². The summed E-state index contributed by atoms with van der Waals surface area (Å²) in [6.45, 7) is 0. The second-order valence-electron chi connectivity index (χ2n) is 1.01. The van der Waals surface area contributed by atoms with Gasteiger partial charge in [-0.3, -0.25) is 0 Å². The van der Waals surface area contributed by atoms with Crippen molar-refractivity contribution in [3.63, 3.8) is 0 Å². The van der Waals surface area contributed by atoms with Crippen LogP contribution in [0.1, 0.15) is 0 Å². The minimum Gasteiger partial charge on any atom is -0.178 e. The van der Waals surface area contributed by atoms with Gasteiger partial charge >= 0.3 is 11.5 Å². The third-order valence-corrected chi connectivity index (χ3v) is 0.550. The third-order valence-electron chi connectivity index (χ3n) is 0.330. The summed E-state index contributed by atoms with van der Waals surface area (Å²) in [5.41, 5.74) is 0. The third kappa shape index (κ3) is 1.83. The predicted octanol–water partition coefficient (Wildman–Crippen LogP) is 1.84. The summed E-state index contributed by atoms with van der Waals surface area (Å²) in [5, 5.41) is 3.93. The van der Waals surface area contributed by atoms with E-state index >= 15 is 0 Å². The van der Waals surface area contributed by atoms with E-state index in [2.05, 4.69) is 11.6 Å². The first kappa shape index (κ1) is 7.97. The Labute approximate surface area is 46.9 Å². The fourth-order valence-corrected chi connectivity index (χ4v) is 0. The number of halogens is 5. The van der Waals surface area contributed by atoms with Gasteiger partial charge in [-0.25, -0.2) is 0 Å². The lowest BCUT2D eigenvalue weighted by Crippen LogP contribution is -2.33. The van der Waals surface area contributed by atoms with Crippen LogP contribution in [0.2, 0.25) is 0 Å². The molecule has 0 aromatic heterocycles. The van der Waals surface area contributed by atoms with Gasteiger partial charge in [0.2, 0.25) is 0 Å². The molecule has 0 aliphatic rings. The molecule has 0 atom stereocenters. The van der Waals surface area contributed by atoms with Crippen LogP contribution in [0.15, 0.2) is 0 Å². The first-order chi connectivity index (χ1) is 3.25. The fourth-order valence-electron chi connectivity index (χ4n) is 0. The molecule has 0 bridgehead atoms. The largest absolute Gasteiger partial charge is 0.461 e. The van der Waals surface area contributed by atoms with E-state index in [0.29, 0.717) is 0 Å². The molecular formula is C2ClF4O. The van der Waals surface area contributed by atoms with Crippen molar-refractivity contribution >= 4 is 11.6 Å². The minimum atomic E-state index is -5.38. The molecule has 0 aromatic carbocycles. The van der Waals surface area contributed by atoms with Crippen LogP contribution in [0.4, 0.5) is 17.6 Å². The highest BCUT2D eigenvalue weighted by Crippen LogP contribution is 2.35. The van der Waals surface area contributed by atoms with Crippen LogP contribution in [-0.2, 0) is 5.11 Å². The van der Waals surface area contributed by atoms with Gasteiger partial charge in [0.1, 0.15) is 0 Å². The molecule has 0 heterocycles. The highest BCUT2D eigenvalue weighted by Gasteiger charge is 2.55. The van der Waals surface area contributed by atoms with E-state index in [1.807, 2.05) is 0 Å². The summed E-state index contributed by atoms with van der Waals surface area (Å²) in [4.78, 5) is 0. The molecule has 0 rings (SSSR count). The zero-order chi connectivity index (χ0) is 7.00. The Bertz CT molecular complexity index is 69.0. The quantitative estimate of drug-likeness (QED) is 0.403. The van der Waals surface area contributed by atoms with Crippen molar-refractivity contribution in [1.29, 1.82) is 0 Å². The van der Waals surface area contributed by atoms with Crippen LogP contribution < -0.4 is 0 Å². The van der Waals surface area contributed by atoms with Crippen LogP contribution in [-0.4, -0.2) is 11.5 Å². The normalized spacial score (nSPS) is 14.2. The van der Waals surface area contributed by atoms with Gasteiger partial charge in [-0.1, -0.05) is 0 Å². The number of alkyl halides is 5. The molecule has 1 radical (unpaired) electrons. The predicted molar refractivity (Wildman–Crippen MR) is 16.4 cm³/mol. The van der Waals surface area contributed by atoms with Crippen molar-refractivity contribution in [2.75, 3.05) is 0 Å². The van der Waals surface area contributed by atoms with E-state index in [0.717, 1.165) is 0 Å². The summed E-state index contributed by atoms with van der Waals surface area (Å²) in [5.74, 6) is 0. The molecule has 0 aromatic rings. The van der Waals surface area contributed by atoms with Crippen molar-refractivity contribution in [2.45, 2.75) is 11.5 Å². The van der Waals surface area contributed by atoms with Crippen LogP contribution in [0.25, 0.3) is 0 Å². The van der Waals surface area contributed by atoms with Crippen molar-refractivity contribution in [3.05, 3.63) is 0 Å². The maximum Gasteiger partial charge on any atom is 0.461 e. The Morgan fingerprint density at radius 3 is 1.25 bits per heavy atom. The first-order valence-electron chi connectivity index (χ1n) is 1.40. The van der Waals surface area contributed by atoms with Crippen LogP contribution in [0.3, 0.4) is 0 Å². The van der Waals surface area contributed by atoms with E-state index in [1.165, 1.54) is 0 Å². The zero-order valence-electron chi connectivity index (χ0n) is 3.30. The van der Waals surface area contributed by atoms with Gasteiger partial charge in [0, 0.05) is 0 Å². The lowest BCUT2D eigenvalue weighted by Gasteiger charge is -2.10. The highest BCUT2D eigenvalue weighted by atomic mass is 35.5. The Balaban J connectivity index is 4.02. The molecule has 0 saturated carbocycles. The lowest BCUT2D eigenvalue weighted by molar-refractivity contribution is -0.323. The average Bonchev–Trinajstić information content (AvgIpc) is 1.25. The van der Waals surface area contributed by atoms with Gasteiger partial charge in [-0.15, -0.1) is 5.11 Å². The SMILES string of the molecule is [O]C(F)(F)C(F)(F)Cl. The standard InChI is InChI=1S/C2ClF4O/c3-1(4,5)2(6,7)8. The monoisotopic (exact) mass is 151 g/mol. The van der Waals surface area contributed by atoms with Crippen LogP contribution in [0, 0.1) is 0 Å². The molecular weight excluding hydrogens is 151 g/mol. The van der Waals surface area contributed by atoms with Crippen molar-refractivity contribution in [1.82, 2.24) is 0 Å². The molecule has 0 spiro atoms. The lowest BCUT2D eigenvalue weighted by atomic mass is 10.7. The smallest absolute Gasteiger partial charge is 0.178 e. The Kier molecular flexibility index (Phi) is 1.73. The minimum absolute atomic E-state index is 3.61. The summed E-state index contributed by atoms with van der Waals surface area (Å²) < 4.78 is 43.4. The van der Waals surface area contributed by atoms with Crippen LogP contribution >= 0.6 is 11.6 Å². The van der Waals surface area contributed by atoms with E-state index in [1.54, 1.807) is 0 Å². The molecule has 0 N–H and O–H groups in total. The first-order valence-corrected chi connectivity index (χ1v) is 1.78. The molecule has 0 aliphatic carbocycles. The van der Waals surface area contributed by atoms with Gasteiger partial charge in [0.25, 0.3) is 0 Å². The van der Waals surface area contributed by atoms with E-state index in [-0.39, 0.29) is 0 Å². The van der Waals surface area contributed by atoms with Crippen molar-refractivity contribution < 1.29 is 22.7 Å². The molecule has 0 saturated heterocycles. The zero-order valence-corrected chi connectivity index (χ0v) is 4.05. The molecule has 0 fully saturated rings. The Hall–Kier alpha value is -0.0300. The Morgan fingerprint density at radius 1 is 1.12 bits per heavy atom. The van der Waals surface area contributed by atoms with Gasteiger partial charge < -0.3 is 0 Å². The molecule has 1 nitrogen and oxygen atoms in total. The Morgan fingerprint density at radius 2 is 1.25 bits per heavy atom. The highest BCUT2D eigenvalue weighted by molar-refractivity contribution is 6.22. The van der Waals surface area contributed by atoms with Gasteiger partial charge in [-0.2, -0.15) is 17.6 Å². The van der Waals surface area contributed by atoms with E-state index in [4.69, 9.17) is 5.11 Å². The number of rotatable bonds is 1. The maximum absolute atomic E-state index is 10.9. The summed E-state index contributed by atoms with van der Waals surface area (Å²) in [6, 6.07) is 0. The van der Waals surface area contributed by atoms with Crippen LogP contribution in [0.5, 0.6) is 0 Å². The fraction of sp³-hybridized carbons (Fsp3) is 1.00. The summed E-state index contributed by atoms with van der Waals surface area (Å²) in [7, 11) is 0. The summed E-state index contributed by atoms with van der Waals surface area (Å²) >= 11 is 3.61. The molecule has 0 unspecified atom stereocenters. The molecule has 49 valence electrons. The van der Waals surface area contributed by atoms with Crippen molar-refractivity contribution in [3.8, 4) is 0 Å². The van der Waals surface area contributed by atoms with E-state index in [9.17, 15) is 17.6 Å². The average molecular weight is 151 g/mol. The summed E-state index contributed by atoms with van der Waals surface area (Å²) in [6.07, 6.45) is -5.38. The number of hydrogen-bond donors (Lipinski definition) is 0. The molecule has 6 heteroatoms. The molecule has 0 aliphatic heterocycles. The maximum atomic E-state index is 10.9. The second-order valence-corrected chi connectivity index (χ2v) is 1.49. The number of hydrogen-bond acceptors (Lipinski definition) is 0. The second kappa shape index (κ2) is 1.73. The molecule has 8 heavy (non-hydrogen) atoms. The topological polar surface area (TPSA) is 19.9 Å². The molecule has 0 amide bonds. The van der Waals surface area contributed by atoms with Gasteiger partial charge in [0.05, 0.1) is 0 Å². The van der Waals surface area contributed by atoms with Gasteiger partial charge in [-0.05, 0) is 11.6 Å². The van der Waals surface area contributed by atoms with Crippen molar-refractivity contribution in [2.24, 2.45) is 0 Å².